The molecule has 0 unspecified atom stereocenters. The van der Waals surface area contributed by atoms with E-state index in [1.54, 1.807) is 0 Å². The van der Waals surface area contributed by atoms with Gasteiger partial charge in [-0.2, -0.15) is 0 Å². The largest absolute Gasteiger partial charge is 0.383 e. The molecule has 1 aromatic rings. The average molecular weight is 316 g/mol. The second-order valence-corrected chi connectivity index (χ2v) is 3.66. The number of nitrogen functional groups attached to an aromatic ring is 1. The van der Waals surface area contributed by atoms with Gasteiger partial charge in [0.1, 0.15) is 10.4 Å². The molecule has 0 saturated heterocycles. The lowest BCUT2D eigenvalue weighted by Gasteiger charge is -2.07. The highest BCUT2D eigenvalue weighted by molar-refractivity contribution is 9.10. The molecule has 2 nitrogen and oxygen atoms in total. The van der Waals surface area contributed by atoms with Crippen molar-refractivity contribution in [1.29, 1.82) is 0 Å². The molecule has 1 rings (SSSR count). The van der Waals surface area contributed by atoms with E-state index in [0.29, 0.717) is 15.5 Å². The molecule has 0 aliphatic carbocycles. The predicted molar refractivity (Wildman–Crippen MR) is 53.9 cm³/mol. The van der Waals surface area contributed by atoms with Gasteiger partial charge in [-0.3, -0.25) is 0 Å². The van der Waals surface area contributed by atoms with Crippen LogP contribution in [0.3, 0.4) is 0 Å². The van der Waals surface area contributed by atoms with Crippen LogP contribution in [-0.2, 0) is 5.33 Å². The van der Waals surface area contributed by atoms with E-state index >= 15 is 0 Å². The fraction of sp³-hybridized carbons (Fsp3) is 0.286. The molecular weight excluding hydrogens is 310 g/mol. The Labute approximate surface area is 90.8 Å². The van der Waals surface area contributed by atoms with Crippen LogP contribution in [0.25, 0.3) is 0 Å². The molecule has 1 heterocycles. The summed E-state index contributed by atoms with van der Waals surface area (Å²) in [6.45, 7) is 0. The van der Waals surface area contributed by atoms with Gasteiger partial charge in [0.15, 0.2) is 0 Å². The maximum atomic E-state index is 12.3. The van der Waals surface area contributed by atoms with E-state index in [1.807, 2.05) is 0 Å². The van der Waals surface area contributed by atoms with Crippen LogP contribution >= 0.6 is 31.9 Å². The van der Waals surface area contributed by atoms with Gasteiger partial charge in [0, 0.05) is 5.33 Å². The molecule has 0 bridgehead atoms. The van der Waals surface area contributed by atoms with Crippen molar-refractivity contribution in [3.63, 3.8) is 0 Å². The van der Waals surface area contributed by atoms with E-state index in [1.165, 1.54) is 6.07 Å². The minimum atomic E-state index is -2.58. The molecule has 0 radical (unpaired) electrons. The summed E-state index contributed by atoms with van der Waals surface area (Å²) in [5, 5.41) is 0.459. The topological polar surface area (TPSA) is 38.9 Å². The van der Waals surface area contributed by atoms with Gasteiger partial charge in [-0.1, -0.05) is 15.9 Å². The van der Waals surface area contributed by atoms with Crippen molar-refractivity contribution in [1.82, 2.24) is 4.98 Å². The van der Waals surface area contributed by atoms with Gasteiger partial charge in [-0.25, -0.2) is 13.8 Å². The maximum absolute atomic E-state index is 12.3. The fourth-order valence-electron chi connectivity index (χ4n) is 0.832. The number of pyridine rings is 1. The third kappa shape index (κ3) is 2.37. The Balaban J connectivity index is 3.22. The SMILES string of the molecule is Nc1nc(Br)c(CBr)cc1C(F)F. The Hall–Kier alpha value is -0.230. The summed E-state index contributed by atoms with van der Waals surface area (Å²) in [5.74, 6) is -0.133. The molecule has 72 valence electrons. The van der Waals surface area contributed by atoms with E-state index in [4.69, 9.17) is 5.73 Å². The van der Waals surface area contributed by atoms with Crippen LogP contribution in [-0.4, -0.2) is 4.98 Å². The Kier molecular flexibility index (Phi) is 3.61. The minimum Gasteiger partial charge on any atom is -0.383 e. The van der Waals surface area contributed by atoms with Crippen molar-refractivity contribution in [2.45, 2.75) is 11.8 Å². The quantitative estimate of drug-likeness (QED) is 0.672. The van der Waals surface area contributed by atoms with Gasteiger partial charge in [0.05, 0.1) is 5.56 Å². The molecule has 0 atom stereocenters. The Morgan fingerprint density at radius 2 is 2.15 bits per heavy atom. The molecule has 2 N–H and O–H groups in total. The van der Waals surface area contributed by atoms with E-state index in [-0.39, 0.29) is 11.4 Å². The fourth-order valence-corrected chi connectivity index (χ4v) is 2.08. The van der Waals surface area contributed by atoms with E-state index in [9.17, 15) is 8.78 Å². The molecule has 0 spiro atoms. The number of halogens is 4. The minimum absolute atomic E-state index is 0.133. The number of nitrogens with zero attached hydrogens (tertiary/aromatic N) is 1. The molecule has 0 fully saturated rings. The Bertz CT molecular complexity index is 318. The van der Waals surface area contributed by atoms with E-state index < -0.39 is 6.43 Å². The normalized spacial score (nSPS) is 10.8. The molecule has 0 saturated carbocycles. The van der Waals surface area contributed by atoms with Gasteiger partial charge < -0.3 is 5.73 Å². The maximum Gasteiger partial charge on any atom is 0.267 e. The summed E-state index contributed by atoms with van der Waals surface area (Å²) in [6, 6.07) is 1.34. The van der Waals surface area contributed by atoms with Crippen LogP contribution in [0.4, 0.5) is 14.6 Å². The number of anilines is 1. The van der Waals surface area contributed by atoms with Crippen LogP contribution in [0.15, 0.2) is 10.7 Å². The molecule has 0 aliphatic rings. The van der Waals surface area contributed by atoms with Gasteiger partial charge in [0.2, 0.25) is 0 Å². The van der Waals surface area contributed by atoms with Crippen molar-refractivity contribution in [3.05, 3.63) is 21.8 Å². The van der Waals surface area contributed by atoms with Crippen LogP contribution in [0, 0.1) is 0 Å². The first kappa shape index (κ1) is 10.8. The van der Waals surface area contributed by atoms with Crippen molar-refractivity contribution < 1.29 is 8.78 Å². The van der Waals surface area contributed by atoms with Gasteiger partial charge in [-0.15, -0.1) is 0 Å². The first-order valence-corrected chi connectivity index (χ1v) is 5.26. The Morgan fingerprint density at radius 3 is 2.62 bits per heavy atom. The van der Waals surface area contributed by atoms with Crippen molar-refractivity contribution in [2.24, 2.45) is 0 Å². The van der Waals surface area contributed by atoms with Crippen molar-refractivity contribution >= 4 is 37.7 Å². The third-order valence-corrected chi connectivity index (χ3v) is 2.78. The molecule has 0 amide bonds. The van der Waals surface area contributed by atoms with Crippen molar-refractivity contribution in [2.75, 3.05) is 5.73 Å². The lowest BCUT2D eigenvalue weighted by Crippen LogP contribution is -2.00. The average Bonchev–Trinajstić information content (AvgIpc) is 2.03. The summed E-state index contributed by atoms with van der Waals surface area (Å²) < 4.78 is 25.1. The van der Waals surface area contributed by atoms with Gasteiger partial charge in [0.25, 0.3) is 6.43 Å². The standard InChI is InChI=1S/C7H6Br2F2N2/c8-2-3-1-4(6(10)11)7(12)13-5(3)9/h1,6H,2H2,(H2,12,13). The summed E-state index contributed by atoms with van der Waals surface area (Å²) in [4.78, 5) is 3.75. The lowest BCUT2D eigenvalue weighted by atomic mass is 10.2. The highest BCUT2D eigenvalue weighted by atomic mass is 79.9. The number of alkyl halides is 3. The molecule has 0 aliphatic heterocycles. The lowest BCUT2D eigenvalue weighted by molar-refractivity contribution is 0.152. The number of hydrogen-bond donors (Lipinski definition) is 1. The second-order valence-electron chi connectivity index (χ2n) is 2.35. The highest BCUT2D eigenvalue weighted by Crippen LogP contribution is 2.28. The van der Waals surface area contributed by atoms with Crippen LogP contribution in [0.1, 0.15) is 17.6 Å². The molecule has 13 heavy (non-hydrogen) atoms. The monoisotopic (exact) mass is 314 g/mol. The second kappa shape index (κ2) is 4.32. The zero-order valence-corrected chi connectivity index (χ0v) is 9.57. The van der Waals surface area contributed by atoms with E-state index in [0.717, 1.165) is 0 Å². The molecular formula is C7H6Br2F2N2. The summed E-state index contributed by atoms with van der Waals surface area (Å²) in [5.41, 5.74) is 5.74. The first-order valence-electron chi connectivity index (χ1n) is 3.35. The third-order valence-electron chi connectivity index (χ3n) is 1.49. The van der Waals surface area contributed by atoms with E-state index in [2.05, 4.69) is 36.8 Å². The van der Waals surface area contributed by atoms with Crippen LogP contribution in [0.5, 0.6) is 0 Å². The van der Waals surface area contributed by atoms with Gasteiger partial charge >= 0.3 is 0 Å². The predicted octanol–water partition coefficient (Wildman–Crippen LogP) is 3.26. The number of hydrogen-bond acceptors (Lipinski definition) is 2. The van der Waals surface area contributed by atoms with Crippen LogP contribution in [0.2, 0.25) is 0 Å². The summed E-state index contributed by atoms with van der Waals surface area (Å²) >= 11 is 6.28. The number of rotatable bonds is 2. The summed E-state index contributed by atoms with van der Waals surface area (Å²) in [6.07, 6.45) is -2.58. The highest BCUT2D eigenvalue weighted by Gasteiger charge is 2.14. The smallest absolute Gasteiger partial charge is 0.267 e. The number of nitrogens with two attached hydrogens (primary N) is 1. The molecule has 0 aromatic carbocycles. The zero-order valence-electron chi connectivity index (χ0n) is 6.40. The first-order chi connectivity index (χ1) is 6.06. The van der Waals surface area contributed by atoms with Crippen molar-refractivity contribution in [3.8, 4) is 0 Å². The molecule has 6 heteroatoms. The van der Waals surface area contributed by atoms with Crippen LogP contribution < -0.4 is 5.73 Å². The summed E-state index contributed by atoms with van der Waals surface area (Å²) in [7, 11) is 0. The number of aromatic nitrogens is 1. The zero-order chi connectivity index (χ0) is 10.0. The van der Waals surface area contributed by atoms with Gasteiger partial charge in [-0.05, 0) is 27.6 Å². The Morgan fingerprint density at radius 1 is 1.54 bits per heavy atom. The molecule has 1 aromatic heterocycles.